The number of nitrogens with zero attached hydrogens (tertiary/aromatic N) is 1. The molecule has 2 aromatic carbocycles. The van der Waals surface area contributed by atoms with Crippen molar-refractivity contribution in [1.82, 2.24) is 9.88 Å². The van der Waals surface area contributed by atoms with Crippen molar-refractivity contribution < 1.29 is 27.9 Å². The Balaban J connectivity index is 1.84. The highest BCUT2D eigenvalue weighted by Crippen LogP contribution is 2.44. The highest BCUT2D eigenvalue weighted by molar-refractivity contribution is 6.05. The molecule has 2 N–H and O–H groups in total. The van der Waals surface area contributed by atoms with Gasteiger partial charge in [0, 0.05) is 17.4 Å². The van der Waals surface area contributed by atoms with E-state index < -0.39 is 24.1 Å². The zero-order valence-corrected chi connectivity index (χ0v) is 14.5. The molecule has 3 aromatic rings. The van der Waals surface area contributed by atoms with Crippen LogP contribution in [-0.4, -0.2) is 39.6 Å². The van der Waals surface area contributed by atoms with Crippen LogP contribution in [0.3, 0.4) is 0 Å². The van der Waals surface area contributed by atoms with E-state index in [9.17, 15) is 27.9 Å². The number of nitrogens with one attached hydrogen (secondary N) is 1. The number of carboxylic acids is 1. The van der Waals surface area contributed by atoms with Gasteiger partial charge in [-0.25, -0.2) is 4.79 Å². The number of rotatable bonds is 2. The van der Waals surface area contributed by atoms with E-state index in [1.54, 1.807) is 24.3 Å². The minimum atomic E-state index is -4.72. The number of halogens is 3. The van der Waals surface area contributed by atoms with Gasteiger partial charge in [-0.2, -0.15) is 13.2 Å². The van der Waals surface area contributed by atoms with Gasteiger partial charge in [0.2, 0.25) is 0 Å². The monoisotopic (exact) mass is 388 g/mol. The molecule has 4 rings (SSSR count). The van der Waals surface area contributed by atoms with Gasteiger partial charge in [0.15, 0.2) is 6.04 Å². The molecule has 1 aliphatic heterocycles. The Morgan fingerprint density at radius 1 is 1.04 bits per heavy atom. The summed E-state index contributed by atoms with van der Waals surface area (Å²) in [6.07, 6.45) is -4.48. The zero-order chi connectivity index (χ0) is 20.1. The van der Waals surface area contributed by atoms with Crippen LogP contribution in [0.5, 0.6) is 0 Å². The molecule has 0 saturated heterocycles. The molecule has 144 valence electrons. The van der Waals surface area contributed by atoms with Gasteiger partial charge in [0.25, 0.3) is 5.91 Å². The molecule has 1 aromatic heterocycles. The molecule has 1 aliphatic rings. The van der Waals surface area contributed by atoms with E-state index in [1.807, 2.05) is 0 Å². The largest absolute Gasteiger partial charge is 0.478 e. The number of fused-ring (bicyclic) bond motifs is 3. The summed E-state index contributed by atoms with van der Waals surface area (Å²) in [5, 5.41) is 9.99. The Hall–Kier alpha value is -3.29. The van der Waals surface area contributed by atoms with Crippen LogP contribution < -0.4 is 0 Å². The average Bonchev–Trinajstić information content (AvgIpc) is 3.04. The molecular weight excluding hydrogens is 373 g/mol. The Labute approximate surface area is 157 Å². The quantitative estimate of drug-likeness (QED) is 0.692. The molecule has 0 saturated carbocycles. The summed E-state index contributed by atoms with van der Waals surface area (Å²) < 4.78 is 42.0. The first kappa shape index (κ1) is 18.1. The van der Waals surface area contributed by atoms with Crippen molar-refractivity contribution >= 4 is 22.8 Å². The van der Waals surface area contributed by atoms with Gasteiger partial charge >= 0.3 is 12.1 Å². The van der Waals surface area contributed by atoms with Crippen LogP contribution in [0.15, 0.2) is 48.5 Å². The lowest BCUT2D eigenvalue weighted by atomic mass is 9.95. The summed E-state index contributed by atoms with van der Waals surface area (Å²) in [7, 11) is 0. The van der Waals surface area contributed by atoms with Crippen LogP contribution in [0.1, 0.15) is 38.0 Å². The van der Waals surface area contributed by atoms with E-state index in [2.05, 4.69) is 4.98 Å². The summed E-state index contributed by atoms with van der Waals surface area (Å²) in [6, 6.07) is 10.0. The second-order valence-electron chi connectivity index (χ2n) is 6.61. The summed E-state index contributed by atoms with van der Waals surface area (Å²) >= 11 is 0. The lowest BCUT2D eigenvalue weighted by Gasteiger charge is -2.37. The fourth-order valence-electron chi connectivity index (χ4n) is 3.81. The van der Waals surface area contributed by atoms with E-state index >= 15 is 0 Å². The maximum absolute atomic E-state index is 14.0. The maximum atomic E-state index is 14.0. The summed E-state index contributed by atoms with van der Waals surface area (Å²) in [5.41, 5.74) is 0.455. The van der Waals surface area contributed by atoms with Crippen LogP contribution in [0.25, 0.3) is 10.9 Å². The highest BCUT2D eigenvalue weighted by atomic mass is 19.4. The zero-order valence-electron chi connectivity index (χ0n) is 14.5. The van der Waals surface area contributed by atoms with Gasteiger partial charge in [-0.3, -0.25) is 4.79 Å². The van der Waals surface area contributed by atoms with Gasteiger partial charge in [-0.15, -0.1) is 0 Å². The minimum Gasteiger partial charge on any atom is -0.478 e. The minimum absolute atomic E-state index is 0.0684. The smallest absolute Gasteiger partial charge is 0.414 e. The van der Waals surface area contributed by atoms with E-state index in [4.69, 9.17) is 0 Å². The number of hydrogen-bond acceptors (Lipinski definition) is 2. The normalized spacial score (nSPS) is 16.8. The van der Waals surface area contributed by atoms with Crippen LogP contribution in [0, 0.1) is 0 Å². The first-order valence-electron chi connectivity index (χ1n) is 8.58. The molecule has 2 heterocycles. The highest BCUT2D eigenvalue weighted by Gasteiger charge is 2.50. The van der Waals surface area contributed by atoms with Gasteiger partial charge in [-0.1, -0.05) is 30.3 Å². The molecule has 0 fully saturated rings. The van der Waals surface area contributed by atoms with Crippen LogP contribution in [0.4, 0.5) is 13.2 Å². The molecule has 0 radical (unpaired) electrons. The first-order valence-corrected chi connectivity index (χ1v) is 8.58. The summed E-state index contributed by atoms with van der Waals surface area (Å²) in [6.45, 7) is -0.161. The lowest BCUT2D eigenvalue weighted by molar-refractivity contribution is -0.182. The Morgan fingerprint density at radius 2 is 1.68 bits per heavy atom. The third kappa shape index (κ3) is 2.81. The van der Waals surface area contributed by atoms with Gasteiger partial charge < -0.3 is 15.0 Å². The standard InChI is InChI=1S/C20H15F3N2O3/c21-20(22,23)17-16-12(11-5-3-4-8-15(11)24-16)9-10-25(17)18(26)13-6-1-2-7-14(13)19(27)28/h1-8,17,24H,9-10H2,(H,27,28)/t17-/m0/s1. The van der Waals surface area contributed by atoms with Crippen LogP contribution >= 0.6 is 0 Å². The first-order chi connectivity index (χ1) is 13.3. The van der Waals surface area contributed by atoms with E-state index in [0.29, 0.717) is 21.4 Å². The van der Waals surface area contributed by atoms with E-state index in [-0.39, 0.29) is 29.8 Å². The Kier molecular flexibility index (Phi) is 4.14. The van der Waals surface area contributed by atoms with Crippen LogP contribution in [-0.2, 0) is 6.42 Å². The Bertz CT molecular complexity index is 1090. The number of aromatic amines is 1. The Morgan fingerprint density at radius 3 is 2.36 bits per heavy atom. The van der Waals surface area contributed by atoms with Crippen molar-refractivity contribution in [3.8, 4) is 0 Å². The van der Waals surface area contributed by atoms with Gasteiger partial charge in [-0.05, 0) is 30.2 Å². The van der Waals surface area contributed by atoms with Crippen molar-refractivity contribution in [2.75, 3.05) is 6.54 Å². The molecule has 0 spiro atoms. The number of aromatic carboxylic acids is 1. The fourth-order valence-corrected chi connectivity index (χ4v) is 3.81. The number of para-hydroxylation sites is 1. The molecule has 8 heteroatoms. The number of hydrogen-bond donors (Lipinski definition) is 2. The third-order valence-electron chi connectivity index (χ3n) is 4.99. The number of amides is 1. The van der Waals surface area contributed by atoms with Crippen molar-refractivity contribution in [3.05, 3.63) is 70.9 Å². The van der Waals surface area contributed by atoms with Gasteiger partial charge in [0.05, 0.1) is 16.8 Å². The SMILES string of the molecule is O=C(O)c1ccccc1C(=O)N1CCc2c([nH]c3ccccc23)[C@H]1C(F)(F)F. The molecule has 1 atom stereocenters. The third-order valence-corrected chi connectivity index (χ3v) is 4.99. The number of aromatic nitrogens is 1. The molecule has 28 heavy (non-hydrogen) atoms. The second-order valence-corrected chi connectivity index (χ2v) is 6.61. The van der Waals surface area contributed by atoms with Crippen molar-refractivity contribution in [3.63, 3.8) is 0 Å². The number of benzene rings is 2. The topological polar surface area (TPSA) is 73.4 Å². The number of carbonyl (C=O) groups is 2. The van der Waals surface area contributed by atoms with Crippen molar-refractivity contribution in [2.24, 2.45) is 0 Å². The second kappa shape index (κ2) is 6.40. The number of H-pyrrole nitrogens is 1. The summed E-state index contributed by atoms with van der Waals surface area (Å²) in [4.78, 5) is 27.9. The summed E-state index contributed by atoms with van der Waals surface area (Å²) in [5.74, 6) is -2.32. The molecular formula is C20H15F3N2O3. The van der Waals surface area contributed by atoms with E-state index in [1.165, 1.54) is 24.3 Å². The average molecular weight is 388 g/mol. The molecule has 0 aliphatic carbocycles. The molecule has 0 unspecified atom stereocenters. The molecule has 1 amide bonds. The number of carbonyl (C=O) groups excluding carboxylic acids is 1. The van der Waals surface area contributed by atoms with Crippen molar-refractivity contribution in [1.29, 1.82) is 0 Å². The predicted molar refractivity (Wildman–Crippen MR) is 95.2 cm³/mol. The molecule has 5 nitrogen and oxygen atoms in total. The van der Waals surface area contributed by atoms with E-state index in [0.717, 1.165) is 0 Å². The van der Waals surface area contributed by atoms with Crippen LogP contribution in [0.2, 0.25) is 0 Å². The number of carboxylic acid groups (broad SMARTS) is 1. The van der Waals surface area contributed by atoms with Gasteiger partial charge in [0.1, 0.15) is 0 Å². The maximum Gasteiger partial charge on any atom is 0.414 e. The lowest BCUT2D eigenvalue weighted by Crippen LogP contribution is -2.46. The molecule has 0 bridgehead atoms. The predicted octanol–water partition coefficient (Wildman–Crippen LogP) is 4.17. The number of alkyl halides is 3. The van der Waals surface area contributed by atoms with Crippen molar-refractivity contribution in [2.45, 2.75) is 18.6 Å². The fraction of sp³-hybridized carbons (Fsp3) is 0.200.